The van der Waals surface area contributed by atoms with Crippen LogP contribution in [0.4, 0.5) is 5.69 Å². The van der Waals surface area contributed by atoms with Gasteiger partial charge in [-0.05, 0) is 0 Å². The summed E-state index contributed by atoms with van der Waals surface area (Å²) in [5.41, 5.74) is 0.0494. The summed E-state index contributed by atoms with van der Waals surface area (Å²) in [6, 6.07) is 1.52. The summed E-state index contributed by atoms with van der Waals surface area (Å²) < 4.78 is 4.98. The Kier molecular flexibility index (Phi) is 2.98. The van der Waals surface area contributed by atoms with Crippen molar-refractivity contribution < 1.29 is 14.0 Å². The van der Waals surface area contributed by atoms with Crippen molar-refractivity contribution >= 4 is 17.4 Å². The molecule has 0 saturated carbocycles. The number of ketones is 1. The standard InChI is InChI=1S/C11H15NO3/c1-7(13)9-5-8(6-15-9)12-10(14)11(2,3)4/h5-6H,1-4H3,(H,12,14). The van der Waals surface area contributed by atoms with Crippen molar-refractivity contribution in [2.75, 3.05) is 5.32 Å². The lowest BCUT2D eigenvalue weighted by Gasteiger charge is -2.16. The van der Waals surface area contributed by atoms with Gasteiger partial charge in [-0.1, -0.05) is 20.8 Å². The molecule has 15 heavy (non-hydrogen) atoms. The smallest absolute Gasteiger partial charge is 0.229 e. The van der Waals surface area contributed by atoms with E-state index in [1.54, 1.807) is 0 Å². The van der Waals surface area contributed by atoms with Crippen LogP contribution in [0.1, 0.15) is 38.2 Å². The highest BCUT2D eigenvalue weighted by Crippen LogP contribution is 2.19. The van der Waals surface area contributed by atoms with Gasteiger partial charge in [0.25, 0.3) is 0 Å². The Morgan fingerprint density at radius 1 is 1.33 bits per heavy atom. The van der Waals surface area contributed by atoms with Crippen molar-refractivity contribution in [3.63, 3.8) is 0 Å². The van der Waals surface area contributed by atoms with Crippen LogP contribution in [0.3, 0.4) is 0 Å². The molecule has 0 atom stereocenters. The highest BCUT2D eigenvalue weighted by atomic mass is 16.3. The van der Waals surface area contributed by atoms with Gasteiger partial charge in [0.2, 0.25) is 5.91 Å². The molecule has 0 radical (unpaired) electrons. The monoisotopic (exact) mass is 209 g/mol. The summed E-state index contributed by atoms with van der Waals surface area (Å²) in [6.45, 7) is 6.85. The first-order valence-electron chi connectivity index (χ1n) is 4.71. The minimum absolute atomic E-state index is 0.113. The van der Waals surface area contributed by atoms with Crippen molar-refractivity contribution in [3.05, 3.63) is 18.1 Å². The zero-order valence-electron chi connectivity index (χ0n) is 9.38. The Balaban J connectivity index is 2.74. The third-order valence-electron chi connectivity index (χ3n) is 1.89. The minimum Gasteiger partial charge on any atom is -0.459 e. The average molecular weight is 209 g/mol. The van der Waals surface area contributed by atoms with Gasteiger partial charge in [-0.3, -0.25) is 9.59 Å². The Labute approximate surface area is 88.7 Å². The Morgan fingerprint density at radius 2 is 1.93 bits per heavy atom. The molecule has 0 aliphatic heterocycles. The molecule has 0 aliphatic carbocycles. The summed E-state index contributed by atoms with van der Waals surface area (Å²) in [7, 11) is 0. The molecule has 0 bridgehead atoms. The number of amides is 1. The molecule has 1 N–H and O–H groups in total. The molecule has 0 fully saturated rings. The fourth-order valence-corrected chi connectivity index (χ4v) is 0.905. The molecule has 1 rings (SSSR count). The molecule has 1 heterocycles. The number of rotatable bonds is 2. The van der Waals surface area contributed by atoms with E-state index in [0.29, 0.717) is 5.69 Å². The van der Waals surface area contributed by atoms with Gasteiger partial charge in [-0.25, -0.2) is 0 Å². The Hall–Kier alpha value is -1.58. The van der Waals surface area contributed by atoms with E-state index >= 15 is 0 Å². The molecular formula is C11H15NO3. The van der Waals surface area contributed by atoms with E-state index in [0.717, 1.165) is 0 Å². The first-order valence-corrected chi connectivity index (χ1v) is 4.71. The van der Waals surface area contributed by atoms with Gasteiger partial charge >= 0.3 is 0 Å². The van der Waals surface area contributed by atoms with E-state index in [2.05, 4.69) is 5.32 Å². The first-order chi connectivity index (χ1) is 6.80. The molecule has 0 aliphatic rings. The maximum atomic E-state index is 11.6. The average Bonchev–Trinajstić information content (AvgIpc) is 2.50. The van der Waals surface area contributed by atoms with Gasteiger partial charge < -0.3 is 9.73 Å². The maximum Gasteiger partial charge on any atom is 0.229 e. The molecule has 0 saturated heterocycles. The zero-order valence-corrected chi connectivity index (χ0v) is 9.38. The van der Waals surface area contributed by atoms with Crippen molar-refractivity contribution in [3.8, 4) is 0 Å². The van der Waals surface area contributed by atoms with Crippen LogP contribution < -0.4 is 5.32 Å². The minimum atomic E-state index is -0.465. The van der Waals surface area contributed by atoms with Crippen molar-refractivity contribution in [2.45, 2.75) is 27.7 Å². The van der Waals surface area contributed by atoms with Crippen molar-refractivity contribution in [1.29, 1.82) is 0 Å². The second kappa shape index (κ2) is 3.88. The highest BCUT2D eigenvalue weighted by Gasteiger charge is 2.21. The predicted octanol–water partition coefficient (Wildman–Crippen LogP) is 2.47. The second-order valence-electron chi connectivity index (χ2n) is 4.46. The number of nitrogens with one attached hydrogen (secondary N) is 1. The van der Waals surface area contributed by atoms with Gasteiger partial charge in [-0.15, -0.1) is 0 Å². The van der Waals surface area contributed by atoms with E-state index in [4.69, 9.17) is 4.42 Å². The van der Waals surface area contributed by atoms with Crippen molar-refractivity contribution in [2.24, 2.45) is 5.41 Å². The molecule has 4 nitrogen and oxygen atoms in total. The Morgan fingerprint density at radius 3 is 2.33 bits per heavy atom. The summed E-state index contributed by atoms with van der Waals surface area (Å²) in [5.74, 6) is -0.0242. The molecule has 4 heteroatoms. The molecule has 1 amide bonds. The van der Waals surface area contributed by atoms with Gasteiger partial charge in [0.1, 0.15) is 6.26 Å². The summed E-state index contributed by atoms with van der Waals surface area (Å²) in [5, 5.41) is 2.67. The third-order valence-corrected chi connectivity index (χ3v) is 1.89. The summed E-state index contributed by atoms with van der Waals surface area (Å²) in [6.07, 6.45) is 1.36. The lowest BCUT2D eigenvalue weighted by molar-refractivity contribution is -0.123. The summed E-state index contributed by atoms with van der Waals surface area (Å²) in [4.78, 5) is 22.5. The van der Waals surface area contributed by atoms with Crippen molar-refractivity contribution in [1.82, 2.24) is 0 Å². The lowest BCUT2D eigenvalue weighted by atomic mass is 9.96. The van der Waals surface area contributed by atoms with Crippen LogP contribution in [0.5, 0.6) is 0 Å². The van der Waals surface area contributed by atoms with E-state index in [1.165, 1.54) is 19.3 Å². The molecule has 1 aromatic rings. The normalized spacial score (nSPS) is 11.2. The summed E-state index contributed by atoms with van der Waals surface area (Å²) >= 11 is 0. The zero-order chi connectivity index (χ0) is 11.6. The lowest BCUT2D eigenvalue weighted by Crippen LogP contribution is -2.27. The number of Topliss-reactive ketones (excluding diaryl/α,β-unsaturated/α-hetero) is 1. The van der Waals surface area contributed by atoms with Crippen LogP contribution in [0.2, 0.25) is 0 Å². The number of carbonyl (C=O) groups is 2. The number of carbonyl (C=O) groups excluding carboxylic acids is 2. The largest absolute Gasteiger partial charge is 0.459 e. The third kappa shape index (κ3) is 2.94. The van der Waals surface area contributed by atoms with Crippen LogP contribution in [0.25, 0.3) is 0 Å². The first kappa shape index (κ1) is 11.5. The fourth-order valence-electron chi connectivity index (χ4n) is 0.905. The van der Waals surface area contributed by atoms with Gasteiger partial charge in [-0.2, -0.15) is 0 Å². The number of furan rings is 1. The maximum absolute atomic E-state index is 11.6. The van der Waals surface area contributed by atoms with Crippen LogP contribution in [0.15, 0.2) is 16.7 Å². The molecule has 0 aromatic carbocycles. The SMILES string of the molecule is CC(=O)c1cc(NC(=O)C(C)(C)C)co1. The van der Waals surface area contributed by atoms with E-state index in [9.17, 15) is 9.59 Å². The predicted molar refractivity (Wildman–Crippen MR) is 56.8 cm³/mol. The Bertz CT molecular complexity index is 385. The number of anilines is 1. The van der Waals surface area contributed by atoms with Crippen LogP contribution >= 0.6 is 0 Å². The topological polar surface area (TPSA) is 59.3 Å². The highest BCUT2D eigenvalue weighted by molar-refractivity contribution is 5.97. The number of hydrogen-bond acceptors (Lipinski definition) is 3. The van der Waals surface area contributed by atoms with Crippen LogP contribution in [0, 0.1) is 5.41 Å². The van der Waals surface area contributed by atoms with Crippen LogP contribution in [-0.4, -0.2) is 11.7 Å². The van der Waals surface area contributed by atoms with Crippen LogP contribution in [-0.2, 0) is 4.79 Å². The van der Waals surface area contributed by atoms with Gasteiger partial charge in [0.15, 0.2) is 11.5 Å². The quantitative estimate of drug-likeness (QED) is 0.761. The molecule has 1 aromatic heterocycles. The van der Waals surface area contributed by atoms with Gasteiger partial charge in [0.05, 0.1) is 5.69 Å². The van der Waals surface area contributed by atoms with E-state index in [1.807, 2.05) is 20.8 Å². The second-order valence-corrected chi connectivity index (χ2v) is 4.46. The molecule has 0 spiro atoms. The van der Waals surface area contributed by atoms with Gasteiger partial charge in [0, 0.05) is 18.4 Å². The molecular weight excluding hydrogens is 194 g/mol. The molecule has 82 valence electrons. The van der Waals surface area contributed by atoms with E-state index < -0.39 is 5.41 Å². The number of hydrogen-bond donors (Lipinski definition) is 1. The van der Waals surface area contributed by atoms with E-state index in [-0.39, 0.29) is 17.5 Å². The fraction of sp³-hybridized carbons (Fsp3) is 0.455. The molecule has 0 unspecified atom stereocenters.